The Bertz CT molecular complexity index is 264. The minimum Gasteiger partial charge on any atom is -0.246 e. The summed E-state index contributed by atoms with van der Waals surface area (Å²) >= 11 is 2.77. The third-order valence-electron chi connectivity index (χ3n) is 1.07. The standard InChI is InChI=1S/C6H3BrF3N/c7-5-4(6(9)10)1-3(8)2-11-5/h1-2,6H. The fourth-order valence-electron chi connectivity index (χ4n) is 0.591. The normalized spacial score (nSPS) is 10.6. The van der Waals surface area contributed by atoms with Gasteiger partial charge in [0.25, 0.3) is 6.43 Å². The lowest BCUT2D eigenvalue weighted by Crippen LogP contribution is -1.90. The molecule has 1 rings (SSSR count). The summed E-state index contributed by atoms with van der Waals surface area (Å²) in [6.45, 7) is 0. The van der Waals surface area contributed by atoms with E-state index in [9.17, 15) is 13.2 Å². The van der Waals surface area contributed by atoms with Gasteiger partial charge in [-0.1, -0.05) is 0 Å². The van der Waals surface area contributed by atoms with Crippen molar-refractivity contribution in [2.45, 2.75) is 6.43 Å². The molecule has 0 fully saturated rings. The Hall–Kier alpha value is -0.580. The molecule has 0 amide bonds. The summed E-state index contributed by atoms with van der Waals surface area (Å²) < 4.78 is 36.2. The fourth-order valence-corrected chi connectivity index (χ4v) is 0.981. The molecule has 1 aromatic rings. The molecule has 0 aliphatic carbocycles. The molecular formula is C6H3BrF3N. The Labute approximate surface area is 69.4 Å². The van der Waals surface area contributed by atoms with Crippen LogP contribution in [-0.4, -0.2) is 4.98 Å². The summed E-state index contributed by atoms with van der Waals surface area (Å²) in [6, 6.07) is 0.752. The molecule has 0 saturated carbocycles. The lowest BCUT2D eigenvalue weighted by molar-refractivity contribution is 0.149. The number of rotatable bonds is 1. The summed E-state index contributed by atoms with van der Waals surface area (Å²) in [5, 5.41) is 0. The third-order valence-corrected chi connectivity index (χ3v) is 1.73. The predicted molar refractivity (Wildman–Crippen MR) is 36.9 cm³/mol. The van der Waals surface area contributed by atoms with Crippen molar-refractivity contribution in [1.82, 2.24) is 4.98 Å². The molecule has 5 heteroatoms. The first-order valence-electron chi connectivity index (χ1n) is 2.70. The van der Waals surface area contributed by atoms with Gasteiger partial charge in [-0.15, -0.1) is 0 Å². The van der Waals surface area contributed by atoms with Crippen molar-refractivity contribution < 1.29 is 13.2 Å². The van der Waals surface area contributed by atoms with Crippen LogP contribution in [0.1, 0.15) is 12.0 Å². The maximum absolute atomic E-state index is 12.3. The summed E-state index contributed by atoms with van der Waals surface area (Å²) in [5.74, 6) is -0.761. The number of nitrogens with zero attached hydrogens (tertiary/aromatic N) is 1. The van der Waals surface area contributed by atoms with Gasteiger partial charge in [0.15, 0.2) is 0 Å². The minimum atomic E-state index is -2.70. The van der Waals surface area contributed by atoms with Crippen molar-refractivity contribution in [2.24, 2.45) is 0 Å². The van der Waals surface area contributed by atoms with Crippen molar-refractivity contribution in [3.05, 3.63) is 28.2 Å². The van der Waals surface area contributed by atoms with Crippen LogP contribution in [0, 0.1) is 5.82 Å². The predicted octanol–water partition coefficient (Wildman–Crippen LogP) is 2.92. The SMILES string of the molecule is Fc1cnc(Br)c(C(F)F)c1. The summed E-state index contributed by atoms with van der Waals surface area (Å²) in [4.78, 5) is 3.36. The number of halogens is 4. The van der Waals surface area contributed by atoms with Crippen LogP contribution in [0.5, 0.6) is 0 Å². The van der Waals surface area contributed by atoms with Crippen LogP contribution in [0.25, 0.3) is 0 Å². The van der Waals surface area contributed by atoms with Crippen LogP contribution in [0.15, 0.2) is 16.9 Å². The molecule has 1 nitrogen and oxygen atoms in total. The molecule has 60 valence electrons. The van der Waals surface area contributed by atoms with Gasteiger partial charge >= 0.3 is 0 Å². The van der Waals surface area contributed by atoms with E-state index in [0.29, 0.717) is 0 Å². The average Bonchev–Trinajstić information content (AvgIpc) is 1.94. The third kappa shape index (κ3) is 1.92. The zero-order valence-electron chi connectivity index (χ0n) is 5.19. The van der Waals surface area contributed by atoms with Crippen LogP contribution in [0.3, 0.4) is 0 Å². The molecule has 1 aromatic heterocycles. The second-order valence-electron chi connectivity index (χ2n) is 1.83. The molecule has 0 N–H and O–H groups in total. The van der Waals surface area contributed by atoms with Crippen molar-refractivity contribution in [3.63, 3.8) is 0 Å². The maximum atomic E-state index is 12.3. The Morgan fingerprint density at radius 1 is 1.45 bits per heavy atom. The molecule has 0 radical (unpaired) electrons. The second kappa shape index (κ2) is 3.21. The highest BCUT2D eigenvalue weighted by Crippen LogP contribution is 2.25. The van der Waals surface area contributed by atoms with Crippen LogP contribution < -0.4 is 0 Å². The number of hydrogen-bond donors (Lipinski definition) is 0. The molecule has 0 aliphatic heterocycles. The first-order valence-corrected chi connectivity index (χ1v) is 3.49. The van der Waals surface area contributed by atoms with Gasteiger partial charge in [0.2, 0.25) is 0 Å². The van der Waals surface area contributed by atoms with Gasteiger partial charge in [-0.05, 0) is 22.0 Å². The number of aromatic nitrogens is 1. The molecular weight excluding hydrogens is 223 g/mol. The van der Waals surface area contributed by atoms with E-state index in [1.54, 1.807) is 0 Å². The molecule has 0 saturated heterocycles. The lowest BCUT2D eigenvalue weighted by atomic mass is 10.3. The van der Waals surface area contributed by atoms with Gasteiger partial charge in [0, 0.05) is 0 Å². The van der Waals surface area contributed by atoms with Gasteiger partial charge < -0.3 is 0 Å². The Kier molecular flexibility index (Phi) is 2.49. The van der Waals surface area contributed by atoms with Crippen LogP contribution in [0.4, 0.5) is 13.2 Å². The lowest BCUT2D eigenvalue weighted by Gasteiger charge is -2.00. The monoisotopic (exact) mass is 225 g/mol. The molecule has 0 atom stereocenters. The Morgan fingerprint density at radius 3 is 2.55 bits per heavy atom. The number of pyridine rings is 1. The van der Waals surface area contributed by atoms with Crippen LogP contribution in [0.2, 0.25) is 0 Å². The van der Waals surface area contributed by atoms with Crippen LogP contribution >= 0.6 is 15.9 Å². The average molecular weight is 226 g/mol. The molecule has 11 heavy (non-hydrogen) atoms. The van der Waals surface area contributed by atoms with E-state index < -0.39 is 17.8 Å². The Balaban J connectivity index is 3.13. The van der Waals surface area contributed by atoms with E-state index in [4.69, 9.17) is 0 Å². The molecule has 0 bridgehead atoms. The number of hydrogen-bond acceptors (Lipinski definition) is 1. The van der Waals surface area contributed by atoms with Gasteiger partial charge in [0.05, 0.1) is 11.8 Å². The van der Waals surface area contributed by atoms with Crippen molar-refractivity contribution in [1.29, 1.82) is 0 Å². The quantitative estimate of drug-likeness (QED) is 0.671. The Morgan fingerprint density at radius 2 is 2.09 bits per heavy atom. The van der Waals surface area contributed by atoms with E-state index in [2.05, 4.69) is 20.9 Å². The zero-order valence-corrected chi connectivity index (χ0v) is 6.78. The van der Waals surface area contributed by atoms with Crippen molar-refractivity contribution in [3.8, 4) is 0 Å². The highest BCUT2D eigenvalue weighted by Gasteiger charge is 2.12. The molecule has 0 unspecified atom stereocenters. The minimum absolute atomic E-state index is 0.0195. The van der Waals surface area contributed by atoms with Gasteiger partial charge in [-0.2, -0.15) is 0 Å². The van der Waals surface area contributed by atoms with E-state index >= 15 is 0 Å². The van der Waals surface area contributed by atoms with E-state index in [-0.39, 0.29) is 4.60 Å². The van der Waals surface area contributed by atoms with Crippen molar-refractivity contribution in [2.75, 3.05) is 0 Å². The summed E-state index contributed by atoms with van der Waals surface area (Å²) in [5.41, 5.74) is -0.426. The second-order valence-corrected chi connectivity index (χ2v) is 2.59. The van der Waals surface area contributed by atoms with E-state index in [1.807, 2.05) is 0 Å². The van der Waals surface area contributed by atoms with E-state index in [0.717, 1.165) is 12.3 Å². The van der Waals surface area contributed by atoms with E-state index in [1.165, 1.54) is 0 Å². The molecule has 0 aliphatic rings. The maximum Gasteiger partial charge on any atom is 0.266 e. The smallest absolute Gasteiger partial charge is 0.246 e. The fraction of sp³-hybridized carbons (Fsp3) is 0.167. The van der Waals surface area contributed by atoms with Gasteiger partial charge in [-0.25, -0.2) is 18.2 Å². The first kappa shape index (κ1) is 8.52. The highest BCUT2D eigenvalue weighted by atomic mass is 79.9. The summed E-state index contributed by atoms with van der Waals surface area (Å²) in [6.07, 6.45) is -1.83. The zero-order chi connectivity index (χ0) is 8.43. The summed E-state index contributed by atoms with van der Waals surface area (Å²) in [7, 11) is 0. The first-order chi connectivity index (χ1) is 5.11. The van der Waals surface area contributed by atoms with Gasteiger partial charge in [0.1, 0.15) is 10.4 Å². The topological polar surface area (TPSA) is 12.9 Å². The molecule has 1 heterocycles. The largest absolute Gasteiger partial charge is 0.266 e. The number of alkyl halides is 2. The van der Waals surface area contributed by atoms with Crippen LogP contribution in [-0.2, 0) is 0 Å². The highest BCUT2D eigenvalue weighted by molar-refractivity contribution is 9.10. The molecule has 0 aromatic carbocycles. The molecule has 0 spiro atoms. The van der Waals surface area contributed by atoms with Gasteiger partial charge in [-0.3, -0.25) is 0 Å². The van der Waals surface area contributed by atoms with Crippen molar-refractivity contribution >= 4 is 15.9 Å².